The smallest absolute Gasteiger partial charge is 0.337 e. The molecule has 2 heterocycles. The Morgan fingerprint density at radius 1 is 1.19 bits per heavy atom. The fourth-order valence-electron chi connectivity index (χ4n) is 2.13. The summed E-state index contributed by atoms with van der Waals surface area (Å²) in [7, 11) is 0. The Morgan fingerprint density at radius 2 is 1.90 bits per heavy atom. The molecule has 0 unspecified atom stereocenters. The lowest BCUT2D eigenvalue weighted by Gasteiger charge is -2.03. The predicted molar refractivity (Wildman–Crippen MR) is 80.7 cm³/mol. The van der Waals surface area contributed by atoms with E-state index in [1.165, 1.54) is 12.3 Å². The highest BCUT2D eigenvalue weighted by atomic mass is 79.9. The number of rotatable bonds is 3. The second kappa shape index (κ2) is 5.14. The number of aromatic nitrogens is 2. The van der Waals surface area contributed by atoms with Crippen LogP contribution in [0.25, 0.3) is 16.9 Å². The molecule has 2 aromatic heterocycles. The summed E-state index contributed by atoms with van der Waals surface area (Å²) < 4.78 is 2.55. The van der Waals surface area contributed by atoms with Gasteiger partial charge in [0.05, 0.1) is 11.1 Å². The van der Waals surface area contributed by atoms with E-state index in [9.17, 15) is 9.59 Å². The minimum atomic E-state index is -1.03. The summed E-state index contributed by atoms with van der Waals surface area (Å²) in [6, 6.07) is 10.5. The molecule has 1 aromatic carbocycles. The molecule has 0 saturated heterocycles. The molecule has 0 saturated carbocycles. The summed E-state index contributed by atoms with van der Waals surface area (Å²) >= 11 is 3.36. The number of carbonyl (C=O) groups excluding carboxylic acids is 1. The maximum atomic E-state index is 11.1. The van der Waals surface area contributed by atoms with Crippen molar-refractivity contribution in [3.63, 3.8) is 0 Å². The van der Waals surface area contributed by atoms with Gasteiger partial charge in [-0.3, -0.25) is 9.20 Å². The summed E-state index contributed by atoms with van der Waals surface area (Å²) in [5, 5.41) is 9.10. The van der Waals surface area contributed by atoms with Crippen molar-refractivity contribution in [2.24, 2.45) is 0 Å². The van der Waals surface area contributed by atoms with Crippen LogP contribution in [0.15, 0.2) is 47.1 Å². The van der Waals surface area contributed by atoms with E-state index in [1.54, 1.807) is 10.5 Å². The molecule has 21 heavy (non-hydrogen) atoms. The van der Waals surface area contributed by atoms with Crippen LogP contribution >= 0.6 is 15.9 Å². The molecule has 5 nitrogen and oxygen atoms in total. The zero-order valence-electron chi connectivity index (χ0n) is 10.7. The predicted octanol–water partition coefficient (Wildman–Crippen LogP) is 3.27. The molecule has 0 aliphatic rings. The molecule has 0 atom stereocenters. The number of fused-ring (bicyclic) bond motifs is 1. The molecule has 0 bridgehead atoms. The first kappa shape index (κ1) is 13.5. The van der Waals surface area contributed by atoms with Crippen LogP contribution in [0.4, 0.5) is 0 Å². The minimum Gasteiger partial charge on any atom is -0.478 e. The highest BCUT2D eigenvalue weighted by molar-refractivity contribution is 9.10. The van der Waals surface area contributed by atoms with Crippen LogP contribution < -0.4 is 0 Å². The van der Waals surface area contributed by atoms with Gasteiger partial charge in [0.2, 0.25) is 0 Å². The van der Waals surface area contributed by atoms with Crippen molar-refractivity contribution >= 4 is 33.7 Å². The van der Waals surface area contributed by atoms with E-state index in [2.05, 4.69) is 20.9 Å². The Labute approximate surface area is 128 Å². The first-order valence-electron chi connectivity index (χ1n) is 6.06. The van der Waals surface area contributed by atoms with Crippen LogP contribution in [0.2, 0.25) is 0 Å². The highest BCUT2D eigenvalue weighted by Crippen LogP contribution is 2.24. The fraction of sp³-hybridized carbons (Fsp3) is 0. The number of aromatic carboxylic acids is 1. The average Bonchev–Trinajstić information content (AvgIpc) is 2.86. The van der Waals surface area contributed by atoms with E-state index in [0.717, 1.165) is 10.0 Å². The molecule has 3 rings (SSSR count). The lowest BCUT2D eigenvalue weighted by atomic mass is 10.2. The molecule has 0 fully saturated rings. The fourth-order valence-corrected chi connectivity index (χ4v) is 2.39. The van der Waals surface area contributed by atoms with Crippen molar-refractivity contribution < 1.29 is 14.7 Å². The third-order valence-electron chi connectivity index (χ3n) is 3.13. The third kappa shape index (κ3) is 2.34. The SMILES string of the molecule is O=Cc1nc(-c2ccc(Br)cc2)n2cc(C(=O)O)ccc12. The zero-order chi connectivity index (χ0) is 15.0. The molecular weight excluding hydrogens is 336 g/mol. The zero-order valence-corrected chi connectivity index (χ0v) is 12.2. The molecule has 0 aliphatic carbocycles. The number of imidazole rings is 1. The lowest BCUT2D eigenvalue weighted by molar-refractivity contribution is 0.0696. The van der Waals surface area contributed by atoms with Crippen molar-refractivity contribution in [2.45, 2.75) is 0 Å². The Balaban J connectivity index is 2.30. The number of benzene rings is 1. The van der Waals surface area contributed by atoms with Gasteiger partial charge in [0.25, 0.3) is 0 Å². The maximum Gasteiger partial charge on any atom is 0.337 e. The second-order valence-corrected chi connectivity index (χ2v) is 5.34. The molecule has 1 N–H and O–H groups in total. The van der Waals surface area contributed by atoms with Crippen LogP contribution in [0.3, 0.4) is 0 Å². The molecular formula is C15H9BrN2O3. The van der Waals surface area contributed by atoms with E-state index in [0.29, 0.717) is 17.6 Å². The van der Waals surface area contributed by atoms with Crippen molar-refractivity contribution in [1.29, 1.82) is 0 Å². The van der Waals surface area contributed by atoms with Crippen molar-refractivity contribution in [2.75, 3.05) is 0 Å². The van der Waals surface area contributed by atoms with Crippen LogP contribution in [0.1, 0.15) is 20.8 Å². The van der Waals surface area contributed by atoms with Gasteiger partial charge in [0.15, 0.2) is 6.29 Å². The van der Waals surface area contributed by atoms with Gasteiger partial charge in [-0.2, -0.15) is 0 Å². The van der Waals surface area contributed by atoms with E-state index in [-0.39, 0.29) is 11.3 Å². The normalized spacial score (nSPS) is 10.7. The average molecular weight is 345 g/mol. The molecule has 3 aromatic rings. The minimum absolute atomic E-state index is 0.135. The summed E-state index contributed by atoms with van der Waals surface area (Å²) in [4.78, 5) is 26.5. The van der Waals surface area contributed by atoms with Gasteiger partial charge in [-0.25, -0.2) is 9.78 Å². The molecule has 104 valence electrons. The number of carboxylic acid groups (broad SMARTS) is 1. The van der Waals surface area contributed by atoms with Crippen molar-refractivity contribution in [3.8, 4) is 11.4 Å². The Kier molecular flexibility index (Phi) is 3.31. The van der Waals surface area contributed by atoms with Crippen LogP contribution in [0.5, 0.6) is 0 Å². The quantitative estimate of drug-likeness (QED) is 0.740. The summed E-state index contributed by atoms with van der Waals surface area (Å²) in [5.74, 6) is -0.497. The van der Waals surface area contributed by atoms with Crippen LogP contribution in [-0.4, -0.2) is 26.7 Å². The molecule has 6 heteroatoms. The number of hydrogen-bond acceptors (Lipinski definition) is 3. The molecule has 0 radical (unpaired) electrons. The standard InChI is InChI=1S/C15H9BrN2O3/c16-11-4-1-9(2-5-11)14-17-12(8-19)13-6-3-10(15(20)21)7-18(13)14/h1-8H,(H,20,21). The lowest BCUT2D eigenvalue weighted by Crippen LogP contribution is -1.99. The second-order valence-electron chi connectivity index (χ2n) is 4.42. The van der Waals surface area contributed by atoms with Gasteiger partial charge in [-0.05, 0) is 24.3 Å². The summed E-state index contributed by atoms with van der Waals surface area (Å²) in [6.07, 6.45) is 2.13. The first-order chi connectivity index (χ1) is 10.1. The van der Waals surface area contributed by atoms with E-state index in [4.69, 9.17) is 5.11 Å². The Morgan fingerprint density at radius 3 is 2.52 bits per heavy atom. The van der Waals surface area contributed by atoms with Gasteiger partial charge >= 0.3 is 5.97 Å². The van der Waals surface area contributed by atoms with E-state index >= 15 is 0 Å². The number of pyridine rings is 1. The van der Waals surface area contributed by atoms with E-state index in [1.807, 2.05) is 24.3 Å². The number of hydrogen-bond donors (Lipinski definition) is 1. The van der Waals surface area contributed by atoms with Crippen LogP contribution in [0, 0.1) is 0 Å². The number of aldehydes is 1. The number of nitrogens with zero attached hydrogens (tertiary/aromatic N) is 2. The van der Waals surface area contributed by atoms with Gasteiger partial charge < -0.3 is 5.11 Å². The number of halogens is 1. The van der Waals surface area contributed by atoms with Gasteiger partial charge in [0, 0.05) is 16.2 Å². The Hall–Kier alpha value is -2.47. The van der Waals surface area contributed by atoms with Crippen LogP contribution in [-0.2, 0) is 0 Å². The monoisotopic (exact) mass is 344 g/mol. The first-order valence-corrected chi connectivity index (χ1v) is 6.86. The highest BCUT2D eigenvalue weighted by Gasteiger charge is 2.14. The molecule has 0 aliphatic heterocycles. The largest absolute Gasteiger partial charge is 0.478 e. The topological polar surface area (TPSA) is 71.7 Å². The summed E-state index contributed by atoms with van der Waals surface area (Å²) in [5.41, 5.74) is 1.79. The van der Waals surface area contributed by atoms with Gasteiger partial charge in [-0.1, -0.05) is 28.1 Å². The van der Waals surface area contributed by atoms with Gasteiger partial charge in [0.1, 0.15) is 11.5 Å². The Bertz CT molecular complexity index is 853. The third-order valence-corrected chi connectivity index (χ3v) is 3.66. The van der Waals surface area contributed by atoms with Crippen molar-refractivity contribution in [1.82, 2.24) is 9.38 Å². The molecule has 0 amide bonds. The summed E-state index contributed by atoms with van der Waals surface area (Å²) in [6.45, 7) is 0. The van der Waals surface area contributed by atoms with E-state index < -0.39 is 5.97 Å². The van der Waals surface area contributed by atoms with Gasteiger partial charge in [-0.15, -0.1) is 0 Å². The number of carbonyl (C=O) groups is 2. The molecule has 0 spiro atoms. The van der Waals surface area contributed by atoms with Crippen molar-refractivity contribution in [3.05, 3.63) is 58.3 Å². The maximum absolute atomic E-state index is 11.1. The number of carboxylic acids is 1.